The number of hydrogen-bond donors (Lipinski definition) is 2. The van der Waals surface area contributed by atoms with Gasteiger partial charge in [-0.1, -0.05) is 12.1 Å². The van der Waals surface area contributed by atoms with Crippen LogP contribution in [0.15, 0.2) is 24.3 Å². The Kier molecular flexibility index (Phi) is 2.69. The van der Waals surface area contributed by atoms with Gasteiger partial charge in [0, 0.05) is 13.0 Å². The smallest absolute Gasteiger partial charge is 0.397 e. The average molecular weight is 246 g/mol. The van der Waals surface area contributed by atoms with Gasteiger partial charge in [-0.3, -0.25) is 0 Å². The van der Waals surface area contributed by atoms with E-state index in [-0.39, 0.29) is 13.0 Å². The van der Waals surface area contributed by atoms with E-state index in [1.54, 1.807) is 24.3 Å². The lowest BCUT2D eigenvalue weighted by molar-refractivity contribution is -0.250. The Labute approximate surface area is 96.6 Å². The van der Waals surface area contributed by atoms with Gasteiger partial charge in [0.1, 0.15) is 0 Å². The Morgan fingerprint density at radius 1 is 1.29 bits per heavy atom. The predicted molar refractivity (Wildman–Crippen MR) is 58.7 cm³/mol. The zero-order valence-electron chi connectivity index (χ0n) is 9.04. The van der Waals surface area contributed by atoms with Crippen LogP contribution in [0.2, 0.25) is 0 Å². The van der Waals surface area contributed by atoms with Gasteiger partial charge in [-0.15, -0.1) is 0 Å². The van der Waals surface area contributed by atoms with Gasteiger partial charge < -0.3 is 15.7 Å². The third kappa shape index (κ3) is 2.04. The highest BCUT2D eigenvalue weighted by atomic mass is 19.4. The monoisotopic (exact) mass is 246 g/mol. The molecule has 1 aromatic carbocycles. The van der Waals surface area contributed by atoms with Crippen molar-refractivity contribution in [2.45, 2.75) is 18.2 Å². The van der Waals surface area contributed by atoms with Crippen LogP contribution in [0.3, 0.4) is 0 Å². The van der Waals surface area contributed by atoms with Gasteiger partial charge in [-0.05, 0) is 12.1 Å². The lowest BCUT2D eigenvalue weighted by Crippen LogP contribution is -2.47. The molecular formula is C11H13F3N2O. The molecular weight excluding hydrogens is 233 g/mol. The van der Waals surface area contributed by atoms with Gasteiger partial charge in [0.15, 0.2) is 5.60 Å². The third-order valence-corrected chi connectivity index (χ3v) is 3.05. The minimum Gasteiger partial charge on any atom is -0.397 e. The zero-order valence-corrected chi connectivity index (χ0v) is 9.04. The summed E-state index contributed by atoms with van der Waals surface area (Å²) in [5.74, 6) is 0. The van der Waals surface area contributed by atoms with Crippen molar-refractivity contribution < 1.29 is 18.3 Å². The largest absolute Gasteiger partial charge is 0.418 e. The highest BCUT2D eigenvalue weighted by molar-refractivity contribution is 5.67. The molecule has 1 aliphatic heterocycles. The predicted octanol–water partition coefficient (Wildman–Crippen LogP) is 1.77. The molecule has 1 aromatic rings. The van der Waals surface area contributed by atoms with Crippen molar-refractivity contribution in [2.75, 3.05) is 23.7 Å². The molecule has 1 heterocycles. The second-order valence-corrected chi connectivity index (χ2v) is 4.26. The maximum Gasteiger partial charge on any atom is 0.418 e. The first kappa shape index (κ1) is 12.0. The fraction of sp³-hybridized carbons (Fsp3) is 0.455. The van der Waals surface area contributed by atoms with E-state index in [9.17, 15) is 18.3 Å². The van der Waals surface area contributed by atoms with E-state index in [0.717, 1.165) is 0 Å². The van der Waals surface area contributed by atoms with E-state index < -0.39 is 18.3 Å². The maximum absolute atomic E-state index is 12.6. The zero-order chi connectivity index (χ0) is 12.7. The molecule has 0 amide bonds. The first-order valence-corrected chi connectivity index (χ1v) is 5.22. The molecule has 0 unspecified atom stereocenters. The molecule has 3 nitrogen and oxygen atoms in total. The average Bonchev–Trinajstić information content (AvgIpc) is 2.62. The van der Waals surface area contributed by atoms with E-state index in [4.69, 9.17) is 5.73 Å². The molecule has 2 rings (SSSR count). The summed E-state index contributed by atoms with van der Waals surface area (Å²) >= 11 is 0. The number of β-amino-alcohol motifs (C(OH)–C–C–N with tert-alkyl or cyclic N) is 1. The van der Waals surface area contributed by atoms with Crippen LogP contribution >= 0.6 is 0 Å². The van der Waals surface area contributed by atoms with Crippen LogP contribution in [0.25, 0.3) is 0 Å². The van der Waals surface area contributed by atoms with E-state index >= 15 is 0 Å². The molecule has 0 aromatic heterocycles. The van der Waals surface area contributed by atoms with Crippen molar-refractivity contribution in [3.63, 3.8) is 0 Å². The van der Waals surface area contributed by atoms with Crippen molar-refractivity contribution in [1.82, 2.24) is 0 Å². The first-order valence-electron chi connectivity index (χ1n) is 5.22. The molecule has 1 atom stereocenters. The number of halogens is 3. The van der Waals surface area contributed by atoms with Crippen LogP contribution in [-0.2, 0) is 0 Å². The molecule has 1 fully saturated rings. The van der Waals surface area contributed by atoms with Gasteiger partial charge in [-0.2, -0.15) is 13.2 Å². The second kappa shape index (κ2) is 3.80. The molecule has 6 heteroatoms. The number of nitrogens with two attached hydrogens (primary N) is 1. The van der Waals surface area contributed by atoms with Gasteiger partial charge in [-0.25, -0.2) is 0 Å². The SMILES string of the molecule is Nc1ccccc1N1CC[C@](O)(C(F)(F)F)C1. The summed E-state index contributed by atoms with van der Waals surface area (Å²) in [7, 11) is 0. The summed E-state index contributed by atoms with van der Waals surface area (Å²) < 4.78 is 37.9. The number of aliphatic hydroxyl groups is 1. The van der Waals surface area contributed by atoms with Crippen LogP contribution in [0, 0.1) is 0 Å². The Morgan fingerprint density at radius 2 is 1.94 bits per heavy atom. The van der Waals surface area contributed by atoms with Crippen molar-refractivity contribution >= 4 is 11.4 Å². The number of alkyl halides is 3. The Morgan fingerprint density at radius 3 is 2.47 bits per heavy atom. The van der Waals surface area contributed by atoms with Crippen LogP contribution in [0.4, 0.5) is 24.5 Å². The molecule has 1 aliphatic rings. The molecule has 94 valence electrons. The standard InChI is InChI=1S/C11H13F3N2O/c12-11(13,14)10(17)5-6-16(7-10)9-4-2-1-3-8(9)15/h1-4,17H,5-7,15H2/t10-/m1/s1. The summed E-state index contributed by atoms with van der Waals surface area (Å²) in [4.78, 5) is 1.46. The third-order valence-electron chi connectivity index (χ3n) is 3.05. The van der Waals surface area contributed by atoms with E-state index in [1.165, 1.54) is 4.90 Å². The van der Waals surface area contributed by atoms with Gasteiger partial charge in [0.25, 0.3) is 0 Å². The minimum absolute atomic E-state index is 0.143. The quantitative estimate of drug-likeness (QED) is 0.742. The summed E-state index contributed by atoms with van der Waals surface area (Å²) in [6.45, 7) is -0.324. The van der Waals surface area contributed by atoms with E-state index in [1.807, 2.05) is 0 Å². The normalized spacial score (nSPS) is 25.3. The van der Waals surface area contributed by atoms with Gasteiger partial charge in [0.2, 0.25) is 0 Å². The van der Waals surface area contributed by atoms with Gasteiger partial charge >= 0.3 is 6.18 Å². The Hall–Kier alpha value is -1.43. The summed E-state index contributed by atoms with van der Waals surface area (Å²) in [5.41, 5.74) is 4.01. The summed E-state index contributed by atoms with van der Waals surface area (Å²) in [6, 6.07) is 6.69. The Bertz CT molecular complexity index is 421. The molecule has 0 radical (unpaired) electrons. The van der Waals surface area contributed by atoms with Crippen molar-refractivity contribution in [2.24, 2.45) is 0 Å². The van der Waals surface area contributed by atoms with Crippen molar-refractivity contribution in [3.8, 4) is 0 Å². The van der Waals surface area contributed by atoms with Gasteiger partial charge in [0.05, 0.1) is 17.9 Å². The number of rotatable bonds is 1. The number of anilines is 2. The summed E-state index contributed by atoms with van der Waals surface area (Å²) in [6.07, 6.45) is -4.93. The maximum atomic E-state index is 12.6. The van der Waals surface area contributed by atoms with Crippen molar-refractivity contribution in [1.29, 1.82) is 0 Å². The lowest BCUT2D eigenvalue weighted by atomic mass is 10.0. The van der Waals surface area contributed by atoms with Crippen LogP contribution in [-0.4, -0.2) is 30.0 Å². The molecule has 1 saturated heterocycles. The molecule has 0 aliphatic carbocycles. The number of nitrogens with zero attached hydrogens (tertiary/aromatic N) is 1. The molecule has 3 N–H and O–H groups in total. The molecule has 0 saturated carbocycles. The molecule has 17 heavy (non-hydrogen) atoms. The molecule has 0 spiro atoms. The van der Waals surface area contributed by atoms with Crippen LogP contribution < -0.4 is 10.6 Å². The highest BCUT2D eigenvalue weighted by Gasteiger charge is 2.57. The number of hydrogen-bond acceptors (Lipinski definition) is 3. The van der Waals surface area contributed by atoms with E-state index in [0.29, 0.717) is 11.4 Å². The fourth-order valence-electron chi connectivity index (χ4n) is 2.01. The first-order chi connectivity index (χ1) is 7.83. The number of para-hydroxylation sites is 2. The number of nitrogen functional groups attached to an aromatic ring is 1. The van der Waals surface area contributed by atoms with Crippen molar-refractivity contribution in [3.05, 3.63) is 24.3 Å². The number of benzene rings is 1. The lowest BCUT2D eigenvalue weighted by Gasteiger charge is -2.27. The summed E-state index contributed by atoms with van der Waals surface area (Å²) in [5, 5.41) is 9.54. The fourth-order valence-corrected chi connectivity index (χ4v) is 2.01. The Balaban J connectivity index is 2.22. The topological polar surface area (TPSA) is 49.5 Å². The highest BCUT2D eigenvalue weighted by Crippen LogP contribution is 2.40. The molecule has 0 bridgehead atoms. The second-order valence-electron chi connectivity index (χ2n) is 4.26. The van der Waals surface area contributed by atoms with E-state index in [2.05, 4.69) is 0 Å². The van der Waals surface area contributed by atoms with Crippen LogP contribution in [0.1, 0.15) is 6.42 Å². The minimum atomic E-state index is -4.61. The van der Waals surface area contributed by atoms with Crippen LogP contribution in [0.5, 0.6) is 0 Å².